The van der Waals surface area contributed by atoms with Crippen LogP contribution in [-0.2, 0) is 23.7 Å². The first-order chi connectivity index (χ1) is 16.0. The highest BCUT2D eigenvalue weighted by atomic mass is 16.7. The molecule has 3 fully saturated rings. The molecule has 0 unspecified atom stereocenters. The fourth-order valence-electron chi connectivity index (χ4n) is 3.94. The van der Waals surface area contributed by atoms with Crippen LogP contribution < -0.4 is 0 Å². The zero-order valence-electron chi connectivity index (χ0n) is 17.7. The van der Waals surface area contributed by atoms with Crippen LogP contribution in [0.5, 0.6) is 0 Å². The zero-order valence-corrected chi connectivity index (χ0v) is 17.7. The van der Waals surface area contributed by atoms with E-state index in [9.17, 15) is 56.2 Å². The summed E-state index contributed by atoms with van der Waals surface area (Å²) in [5.74, 6) is 0. The van der Waals surface area contributed by atoms with Crippen molar-refractivity contribution in [3.05, 3.63) is 0 Å². The van der Waals surface area contributed by atoms with Gasteiger partial charge in [-0.1, -0.05) is 0 Å². The first-order valence-corrected chi connectivity index (χ1v) is 10.6. The molecular formula is C18H32O16. The van der Waals surface area contributed by atoms with Gasteiger partial charge in [-0.2, -0.15) is 0 Å². The lowest BCUT2D eigenvalue weighted by molar-refractivity contribution is -0.362. The minimum Gasteiger partial charge on any atom is -0.394 e. The van der Waals surface area contributed by atoms with Gasteiger partial charge in [-0.05, 0) is 0 Å². The Morgan fingerprint density at radius 2 is 1.00 bits per heavy atom. The van der Waals surface area contributed by atoms with Gasteiger partial charge in [-0.25, -0.2) is 0 Å². The molecule has 0 aliphatic carbocycles. The Kier molecular flexibility index (Phi) is 9.54. The second-order valence-electron chi connectivity index (χ2n) is 8.37. The van der Waals surface area contributed by atoms with E-state index in [-0.39, 0.29) is 0 Å². The molecule has 200 valence electrons. The summed E-state index contributed by atoms with van der Waals surface area (Å²) in [6.07, 6.45) is -25.0. The van der Waals surface area contributed by atoms with Crippen molar-refractivity contribution in [2.24, 2.45) is 0 Å². The molecule has 11 N–H and O–H groups in total. The summed E-state index contributed by atoms with van der Waals surface area (Å²) in [4.78, 5) is 0. The third kappa shape index (κ3) is 5.52. The van der Waals surface area contributed by atoms with Gasteiger partial charge in [0.15, 0.2) is 18.9 Å². The molecule has 3 aliphatic rings. The zero-order chi connectivity index (χ0) is 25.3. The highest BCUT2D eigenvalue weighted by Crippen LogP contribution is 2.29. The third-order valence-corrected chi connectivity index (χ3v) is 6.07. The van der Waals surface area contributed by atoms with Crippen LogP contribution in [0.2, 0.25) is 0 Å². The summed E-state index contributed by atoms with van der Waals surface area (Å²) in [7, 11) is 0. The van der Waals surface area contributed by atoms with E-state index in [1.165, 1.54) is 0 Å². The summed E-state index contributed by atoms with van der Waals surface area (Å²) in [5, 5.41) is 109. The summed E-state index contributed by atoms with van der Waals surface area (Å²) in [6, 6.07) is 0. The van der Waals surface area contributed by atoms with Crippen LogP contribution in [0.3, 0.4) is 0 Å². The molecule has 0 amide bonds. The van der Waals surface area contributed by atoms with E-state index >= 15 is 0 Å². The van der Waals surface area contributed by atoms with Crippen molar-refractivity contribution >= 4 is 0 Å². The highest BCUT2D eigenvalue weighted by Gasteiger charge is 2.51. The minimum absolute atomic E-state index is 0.617. The molecule has 0 bridgehead atoms. The topological polar surface area (TPSA) is 269 Å². The summed E-state index contributed by atoms with van der Waals surface area (Å²) in [6.45, 7) is -2.06. The number of hydrogen-bond donors (Lipinski definition) is 11. The standard InChI is InChI=1S/C18H32O16/c19-1-4-7(21)10(24)12(26)17(32-4)30-3-6-8(22)11(25)13(27)18(33-6)34-15-9(23)5(2-20)31-16(29)14(15)28/h4-29H,1-3H2/t4-,5-,6-,7-,8-,9+,10+,11+,12-,13-,14-,15+,16-,17+,18+/m1/s1. The van der Waals surface area contributed by atoms with Crippen molar-refractivity contribution in [2.45, 2.75) is 92.1 Å². The van der Waals surface area contributed by atoms with Gasteiger partial charge in [0, 0.05) is 0 Å². The van der Waals surface area contributed by atoms with Crippen molar-refractivity contribution in [3.63, 3.8) is 0 Å². The molecule has 16 heteroatoms. The Bertz CT molecular complexity index is 639. The average Bonchev–Trinajstić information content (AvgIpc) is 2.82. The first kappa shape index (κ1) is 27.9. The Balaban J connectivity index is 1.66. The molecule has 3 saturated heterocycles. The molecule has 16 nitrogen and oxygen atoms in total. The largest absolute Gasteiger partial charge is 0.394 e. The average molecular weight is 504 g/mol. The van der Waals surface area contributed by atoms with Crippen LogP contribution in [-0.4, -0.2) is 168 Å². The molecule has 0 aromatic rings. The van der Waals surface area contributed by atoms with E-state index in [0.29, 0.717) is 0 Å². The van der Waals surface area contributed by atoms with E-state index < -0.39 is 112 Å². The molecule has 0 spiro atoms. The van der Waals surface area contributed by atoms with Gasteiger partial charge in [-0.3, -0.25) is 0 Å². The maximum absolute atomic E-state index is 10.3. The third-order valence-electron chi connectivity index (χ3n) is 6.07. The lowest BCUT2D eigenvalue weighted by Gasteiger charge is -2.45. The van der Waals surface area contributed by atoms with Crippen LogP contribution in [0.1, 0.15) is 0 Å². The summed E-state index contributed by atoms with van der Waals surface area (Å²) < 4.78 is 26.1. The van der Waals surface area contributed by atoms with E-state index in [1.807, 2.05) is 0 Å². The van der Waals surface area contributed by atoms with Gasteiger partial charge in [0.25, 0.3) is 0 Å². The molecule has 0 aromatic carbocycles. The molecule has 3 rings (SSSR count). The SMILES string of the molecule is OC[C@H]1O[C@@H](O)[C@H](O)[C@@H](O[C@@H]2O[C@H](CO[C@H]3O[C@H](CO)[C@@H](O)[C@H](O)[C@H]3O)[C@@H](O)[C@H](O)[C@H]2O)[C@H]1O. The van der Waals surface area contributed by atoms with Gasteiger partial charge in [-0.15, -0.1) is 0 Å². The van der Waals surface area contributed by atoms with Gasteiger partial charge in [0.2, 0.25) is 0 Å². The van der Waals surface area contributed by atoms with Crippen LogP contribution >= 0.6 is 0 Å². The fraction of sp³-hybridized carbons (Fsp3) is 1.00. The maximum Gasteiger partial charge on any atom is 0.187 e. The number of aliphatic hydroxyl groups is 11. The lowest BCUT2D eigenvalue weighted by Crippen LogP contribution is -2.65. The van der Waals surface area contributed by atoms with Gasteiger partial charge in [0.1, 0.15) is 73.2 Å². The van der Waals surface area contributed by atoms with Crippen molar-refractivity contribution in [1.29, 1.82) is 0 Å². The Morgan fingerprint density at radius 1 is 0.500 bits per heavy atom. The maximum atomic E-state index is 10.3. The summed E-state index contributed by atoms with van der Waals surface area (Å²) >= 11 is 0. The molecule has 0 saturated carbocycles. The van der Waals surface area contributed by atoms with Crippen molar-refractivity contribution in [3.8, 4) is 0 Å². The number of hydrogen-bond acceptors (Lipinski definition) is 16. The van der Waals surface area contributed by atoms with E-state index in [0.717, 1.165) is 0 Å². The number of aliphatic hydroxyl groups excluding tert-OH is 11. The molecule has 3 heterocycles. The predicted molar refractivity (Wildman–Crippen MR) is 101 cm³/mol. The van der Waals surface area contributed by atoms with Gasteiger partial charge < -0.3 is 79.9 Å². The van der Waals surface area contributed by atoms with Gasteiger partial charge in [0.05, 0.1) is 19.8 Å². The monoisotopic (exact) mass is 504 g/mol. The van der Waals surface area contributed by atoms with Crippen molar-refractivity contribution < 1.29 is 79.9 Å². The van der Waals surface area contributed by atoms with Crippen molar-refractivity contribution in [2.75, 3.05) is 19.8 Å². The Morgan fingerprint density at radius 3 is 1.59 bits per heavy atom. The second kappa shape index (κ2) is 11.6. The molecule has 34 heavy (non-hydrogen) atoms. The number of rotatable bonds is 7. The van der Waals surface area contributed by atoms with E-state index in [1.54, 1.807) is 0 Å². The molecule has 0 aromatic heterocycles. The van der Waals surface area contributed by atoms with Gasteiger partial charge >= 0.3 is 0 Å². The molecule has 0 radical (unpaired) electrons. The minimum atomic E-state index is -1.88. The highest BCUT2D eigenvalue weighted by molar-refractivity contribution is 4.94. The molecular weight excluding hydrogens is 472 g/mol. The Hall–Kier alpha value is -0.640. The van der Waals surface area contributed by atoms with E-state index in [4.69, 9.17) is 23.7 Å². The first-order valence-electron chi connectivity index (χ1n) is 10.6. The van der Waals surface area contributed by atoms with Crippen LogP contribution in [0.15, 0.2) is 0 Å². The fourth-order valence-corrected chi connectivity index (χ4v) is 3.94. The smallest absolute Gasteiger partial charge is 0.187 e. The lowest BCUT2D eigenvalue weighted by atomic mass is 9.97. The normalized spacial score (nSPS) is 52.5. The predicted octanol–water partition coefficient (Wildman–Crippen LogP) is -7.57. The van der Waals surface area contributed by atoms with Crippen LogP contribution in [0, 0.1) is 0 Å². The quantitative estimate of drug-likeness (QED) is 0.154. The van der Waals surface area contributed by atoms with Crippen LogP contribution in [0.25, 0.3) is 0 Å². The Labute approximate surface area is 192 Å². The number of ether oxygens (including phenoxy) is 5. The second-order valence-corrected chi connectivity index (χ2v) is 8.37. The van der Waals surface area contributed by atoms with Crippen molar-refractivity contribution in [1.82, 2.24) is 0 Å². The van der Waals surface area contributed by atoms with Crippen LogP contribution in [0.4, 0.5) is 0 Å². The summed E-state index contributed by atoms with van der Waals surface area (Å²) in [5.41, 5.74) is 0. The van der Waals surface area contributed by atoms with E-state index in [2.05, 4.69) is 0 Å². The molecule has 3 aliphatic heterocycles. The molecule has 15 atom stereocenters.